The molecule has 1 aromatic carbocycles. The molecule has 2 rings (SSSR count). The minimum absolute atomic E-state index is 0.121. The van der Waals surface area contributed by atoms with Gasteiger partial charge < -0.3 is 4.74 Å². The van der Waals surface area contributed by atoms with Crippen LogP contribution >= 0.6 is 15.9 Å². The van der Waals surface area contributed by atoms with Crippen molar-refractivity contribution >= 4 is 37.8 Å². The minimum Gasteiger partial charge on any atom is -0.465 e. The fraction of sp³-hybridized carbons (Fsp3) is 0.100. The fourth-order valence-corrected chi connectivity index (χ4v) is 4.11. The third-order valence-corrected chi connectivity index (χ3v) is 5.01. The van der Waals surface area contributed by atoms with Gasteiger partial charge in [0.2, 0.25) is 9.84 Å². The number of fused-ring (bicyclic) bond motifs is 1. The van der Waals surface area contributed by atoms with Gasteiger partial charge in [-0.05, 0) is 33.6 Å². The number of esters is 1. The van der Waals surface area contributed by atoms with E-state index < -0.39 is 15.8 Å². The van der Waals surface area contributed by atoms with Gasteiger partial charge in [-0.1, -0.05) is 12.1 Å². The monoisotopic (exact) mass is 302 g/mol. The summed E-state index contributed by atoms with van der Waals surface area (Å²) in [5, 5.41) is 0. The van der Waals surface area contributed by atoms with Crippen LogP contribution in [0.25, 0.3) is 6.08 Å². The molecule has 1 aliphatic rings. The Morgan fingerprint density at radius 3 is 2.62 bits per heavy atom. The summed E-state index contributed by atoms with van der Waals surface area (Å²) in [6, 6.07) is 4.95. The van der Waals surface area contributed by atoms with Crippen LogP contribution in [0.3, 0.4) is 0 Å². The molecule has 0 saturated heterocycles. The molecular weight excluding hydrogens is 296 g/mol. The van der Waals surface area contributed by atoms with Gasteiger partial charge in [0.05, 0.1) is 12.0 Å². The molecule has 0 fully saturated rings. The third kappa shape index (κ3) is 1.49. The number of halogens is 1. The molecule has 0 saturated carbocycles. The molecule has 1 heterocycles. The van der Waals surface area contributed by atoms with Gasteiger partial charge >= 0.3 is 5.97 Å². The molecule has 84 valence electrons. The van der Waals surface area contributed by atoms with Crippen LogP contribution < -0.4 is 0 Å². The van der Waals surface area contributed by atoms with Crippen LogP contribution in [0.15, 0.2) is 32.5 Å². The van der Waals surface area contributed by atoms with Gasteiger partial charge in [-0.2, -0.15) is 0 Å². The van der Waals surface area contributed by atoms with E-state index in [-0.39, 0.29) is 9.80 Å². The molecule has 0 unspecified atom stereocenters. The Morgan fingerprint density at radius 1 is 1.38 bits per heavy atom. The van der Waals surface area contributed by atoms with Crippen LogP contribution in [-0.2, 0) is 19.4 Å². The van der Waals surface area contributed by atoms with Crippen molar-refractivity contribution in [3.63, 3.8) is 0 Å². The summed E-state index contributed by atoms with van der Waals surface area (Å²) < 4.78 is 28.9. The lowest BCUT2D eigenvalue weighted by molar-refractivity contribution is -0.135. The van der Waals surface area contributed by atoms with E-state index in [2.05, 4.69) is 20.7 Å². The molecule has 0 aliphatic carbocycles. The molecule has 16 heavy (non-hydrogen) atoms. The van der Waals surface area contributed by atoms with Crippen molar-refractivity contribution in [1.82, 2.24) is 0 Å². The smallest absolute Gasteiger partial charge is 0.349 e. The highest BCUT2D eigenvalue weighted by atomic mass is 79.9. The molecule has 0 N–H and O–H groups in total. The standard InChI is InChI=1S/C10H7BrO4S/c1-15-10(12)8-5-6-3-2-4-7(11)9(6)16(8,13)14/h2-5H,1H3. The zero-order valence-electron chi connectivity index (χ0n) is 8.23. The first kappa shape index (κ1) is 11.3. The number of carbonyl (C=O) groups is 1. The lowest BCUT2D eigenvalue weighted by atomic mass is 10.2. The molecule has 0 atom stereocenters. The van der Waals surface area contributed by atoms with E-state index in [0.717, 1.165) is 7.11 Å². The maximum atomic E-state index is 12.0. The quantitative estimate of drug-likeness (QED) is 0.742. The number of methoxy groups -OCH3 is 1. The molecule has 0 spiro atoms. The highest BCUT2D eigenvalue weighted by molar-refractivity contribution is 9.10. The van der Waals surface area contributed by atoms with Gasteiger partial charge in [0.1, 0.15) is 0 Å². The van der Waals surface area contributed by atoms with Gasteiger partial charge in [-0.3, -0.25) is 0 Å². The number of rotatable bonds is 1. The van der Waals surface area contributed by atoms with E-state index >= 15 is 0 Å². The highest BCUT2D eigenvalue weighted by Gasteiger charge is 2.36. The normalized spacial score (nSPS) is 16.5. The maximum absolute atomic E-state index is 12.0. The lowest BCUT2D eigenvalue weighted by Crippen LogP contribution is -2.12. The Labute approximate surface area is 101 Å². The Kier molecular flexibility index (Phi) is 2.63. The fourth-order valence-electron chi connectivity index (χ4n) is 1.52. The van der Waals surface area contributed by atoms with Crippen molar-refractivity contribution in [3.8, 4) is 0 Å². The number of hydrogen-bond donors (Lipinski definition) is 0. The largest absolute Gasteiger partial charge is 0.465 e. The van der Waals surface area contributed by atoms with E-state index in [1.165, 1.54) is 6.08 Å². The molecule has 0 amide bonds. The Balaban J connectivity index is 2.70. The van der Waals surface area contributed by atoms with E-state index in [4.69, 9.17) is 0 Å². The Bertz CT molecular complexity index is 601. The van der Waals surface area contributed by atoms with E-state index in [1.54, 1.807) is 18.2 Å². The minimum atomic E-state index is -3.75. The molecule has 1 aromatic rings. The number of hydrogen-bond acceptors (Lipinski definition) is 4. The highest BCUT2D eigenvalue weighted by Crippen LogP contribution is 2.37. The van der Waals surface area contributed by atoms with Crippen molar-refractivity contribution in [1.29, 1.82) is 0 Å². The third-order valence-electron chi connectivity index (χ3n) is 2.23. The van der Waals surface area contributed by atoms with Gasteiger partial charge in [0, 0.05) is 4.47 Å². The molecule has 0 aromatic heterocycles. The van der Waals surface area contributed by atoms with Gasteiger partial charge in [0.15, 0.2) is 4.91 Å². The number of sulfone groups is 1. The average Bonchev–Trinajstić information content (AvgIpc) is 2.50. The molecule has 0 bridgehead atoms. The molecule has 6 heteroatoms. The zero-order chi connectivity index (χ0) is 11.9. The average molecular weight is 303 g/mol. The summed E-state index contributed by atoms with van der Waals surface area (Å²) in [7, 11) is -2.60. The van der Waals surface area contributed by atoms with Crippen LogP contribution in [0, 0.1) is 0 Å². The lowest BCUT2D eigenvalue weighted by Gasteiger charge is -2.03. The predicted octanol–water partition coefficient (Wildman–Crippen LogP) is 1.75. The summed E-state index contributed by atoms with van der Waals surface area (Å²) in [4.78, 5) is 11.1. The summed E-state index contributed by atoms with van der Waals surface area (Å²) >= 11 is 3.16. The predicted molar refractivity (Wildman–Crippen MR) is 61.3 cm³/mol. The van der Waals surface area contributed by atoms with Crippen molar-refractivity contribution in [2.75, 3.05) is 7.11 Å². The van der Waals surface area contributed by atoms with Gasteiger partial charge in [-0.25, -0.2) is 13.2 Å². The Hall–Kier alpha value is -1.14. The second kappa shape index (κ2) is 3.71. The van der Waals surface area contributed by atoms with Crippen molar-refractivity contribution in [2.45, 2.75) is 4.90 Å². The molecule has 1 aliphatic heterocycles. The van der Waals surface area contributed by atoms with Crippen molar-refractivity contribution in [3.05, 3.63) is 33.1 Å². The number of ether oxygens (including phenoxy) is 1. The Morgan fingerprint density at radius 2 is 2.06 bits per heavy atom. The van der Waals surface area contributed by atoms with Crippen molar-refractivity contribution < 1.29 is 17.9 Å². The topological polar surface area (TPSA) is 60.4 Å². The van der Waals surface area contributed by atoms with Gasteiger partial charge in [0.25, 0.3) is 0 Å². The van der Waals surface area contributed by atoms with Crippen LogP contribution in [0.5, 0.6) is 0 Å². The summed E-state index contributed by atoms with van der Waals surface area (Å²) in [5.41, 5.74) is 0.495. The first-order valence-electron chi connectivity index (χ1n) is 4.32. The van der Waals surface area contributed by atoms with Crippen LogP contribution in [0.1, 0.15) is 5.56 Å². The number of benzene rings is 1. The maximum Gasteiger partial charge on any atom is 0.349 e. The summed E-state index contributed by atoms with van der Waals surface area (Å²) in [5.74, 6) is -0.844. The second-order valence-corrected chi connectivity index (χ2v) is 5.87. The van der Waals surface area contributed by atoms with E-state index in [1.807, 2.05) is 0 Å². The van der Waals surface area contributed by atoms with Crippen molar-refractivity contribution in [2.24, 2.45) is 0 Å². The summed E-state index contributed by atoms with van der Waals surface area (Å²) in [6.07, 6.45) is 1.32. The molecule has 4 nitrogen and oxygen atoms in total. The van der Waals surface area contributed by atoms with Gasteiger partial charge in [-0.15, -0.1) is 0 Å². The first-order chi connectivity index (χ1) is 7.48. The zero-order valence-corrected chi connectivity index (χ0v) is 10.6. The SMILES string of the molecule is COC(=O)C1=Cc2cccc(Br)c2S1(=O)=O. The van der Waals surface area contributed by atoms with Crippen LogP contribution in [-0.4, -0.2) is 21.5 Å². The van der Waals surface area contributed by atoms with Crippen LogP contribution in [0.2, 0.25) is 0 Å². The second-order valence-electron chi connectivity index (χ2n) is 3.16. The molecular formula is C10H7BrO4S. The van der Waals surface area contributed by atoms with Crippen LogP contribution in [0.4, 0.5) is 0 Å². The number of carbonyl (C=O) groups excluding carboxylic acids is 1. The summed E-state index contributed by atoms with van der Waals surface area (Å²) in [6.45, 7) is 0. The van der Waals surface area contributed by atoms with E-state index in [9.17, 15) is 13.2 Å². The van der Waals surface area contributed by atoms with E-state index in [0.29, 0.717) is 10.0 Å². The first-order valence-corrected chi connectivity index (χ1v) is 6.59. The molecule has 0 radical (unpaired) electrons.